The second-order valence-electron chi connectivity index (χ2n) is 5.57. The number of ether oxygens (including phenoxy) is 2. The van der Waals surface area contributed by atoms with Gasteiger partial charge in [0.1, 0.15) is 6.17 Å². The number of rotatable bonds is 4. The zero-order chi connectivity index (χ0) is 17.9. The summed E-state index contributed by atoms with van der Waals surface area (Å²) in [5.41, 5.74) is 3.37. The number of anilines is 2. The van der Waals surface area contributed by atoms with Crippen molar-refractivity contribution in [2.24, 2.45) is 0 Å². The Balaban J connectivity index is 2.59. The summed E-state index contributed by atoms with van der Waals surface area (Å²) >= 11 is 0. The SMILES string of the molecule is C=CCC1N(C(=O)OCC)c2cc(C)c(C)cc2N1C(=O)OCC. The summed E-state index contributed by atoms with van der Waals surface area (Å²) in [6.45, 7) is 11.7. The lowest BCUT2D eigenvalue weighted by molar-refractivity contribution is 0.152. The van der Waals surface area contributed by atoms with Crippen LogP contribution in [0.25, 0.3) is 0 Å². The molecule has 1 heterocycles. The van der Waals surface area contributed by atoms with Gasteiger partial charge in [-0.2, -0.15) is 0 Å². The van der Waals surface area contributed by atoms with Crippen LogP contribution in [0.3, 0.4) is 0 Å². The molecule has 0 bridgehead atoms. The molecule has 0 spiro atoms. The van der Waals surface area contributed by atoms with Crippen LogP contribution in [0.5, 0.6) is 0 Å². The van der Waals surface area contributed by atoms with Crippen molar-refractivity contribution in [1.29, 1.82) is 0 Å². The topological polar surface area (TPSA) is 59.1 Å². The normalized spacial score (nSPS) is 13.7. The van der Waals surface area contributed by atoms with Crippen LogP contribution in [0.2, 0.25) is 0 Å². The lowest BCUT2D eigenvalue weighted by Gasteiger charge is -2.28. The molecule has 0 saturated heterocycles. The van der Waals surface area contributed by atoms with E-state index in [-0.39, 0.29) is 13.2 Å². The van der Waals surface area contributed by atoms with Crippen LogP contribution in [-0.4, -0.2) is 31.6 Å². The van der Waals surface area contributed by atoms with Gasteiger partial charge in [-0.05, 0) is 51.0 Å². The quantitative estimate of drug-likeness (QED) is 0.777. The number of hydrogen-bond donors (Lipinski definition) is 0. The molecule has 130 valence electrons. The molecule has 0 unspecified atom stereocenters. The summed E-state index contributed by atoms with van der Waals surface area (Å²) in [6, 6.07) is 3.80. The number of hydrogen-bond acceptors (Lipinski definition) is 4. The van der Waals surface area contributed by atoms with Gasteiger partial charge in [-0.3, -0.25) is 9.80 Å². The Labute approximate surface area is 142 Å². The van der Waals surface area contributed by atoms with Crippen molar-refractivity contribution < 1.29 is 19.1 Å². The van der Waals surface area contributed by atoms with Crippen LogP contribution in [-0.2, 0) is 9.47 Å². The molecule has 24 heavy (non-hydrogen) atoms. The maximum absolute atomic E-state index is 12.5. The van der Waals surface area contributed by atoms with Gasteiger partial charge in [0.05, 0.1) is 24.6 Å². The molecule has 0 saturated carbocycles. The molecule has 1 aliphatic rings. The maximum atomic E-state index is 12.5. The summed E-state index contributed by atoms with van der Waals surface area (Å²) in [6.07, 6.45) is 0.567. The zero-order valence-electron chi connectivity index (χ0n) is 14.7. The molecule has 0 fully saturated rings. The molecule has 1 aliphatic heterocycles. The van der Waals surface area contributed by atoms with Crippen LogP contribution >= 0.6 is 0 Å². The van der Waals surface area contributed by atoms with E-state index in [1.807, 2.05) is 26.0 Å². The first-order valence-corrected chi connectivity index (χ1v) is 8.10. The van der Waals surface area contributed by atoms with E-state index in [0.717, 1.165) is 11.1 Å². The van der Waals surface area contributed by atoms with Gasteiger partial charge in [0.25, 0.3) is 0 Å². The van der Waals surface area contributed by atoms with E-state index in [9.17, 15) is 9.59 Å². The van der Waals surface area contributed by atoms with Gasteiger partial charge in [-0.1, -0.05) is 6.08 Å². The second kappa shape index (κ2) is 7.38. The average molecular weight is 332 g/mol. The highest BCUT2D eigenvalue weighted by Gasteiger charge is 2.43. The van der Waals surface area contributed by atoms with Gasteiger partial charge in [0.2, 0.25) is 0 Å². The number of amides is 2. The summed E-state index contributed by atoms with van der Waals surface area (Å²) < 4.78 is 10.4. The van der Waals surface area contributed by atoms with Crippen molar-refractivity contribution in [3.8, 4) is 0 Å². The fraction of sp³-hybridized carbons (Fsp3) is 0.444. The fourth-order valence-electron chi connectivity index (χ4n) is 2.79. The highest BCUT2D eigenvalue weighted by Crippen LogP contribution is 2.43. The van der Waals surface area contributed by atoms with E-state index in [1.165, 1.54) is 9.80 Å². The zero-order valence-corrected chi connectivity index (χ0v) is 14.7. The van der Waals surface area contributed by atoms with Crippen LogP contribution in [0.1, 0.15) is 31.4 Å². The Bertz CT molecular complexity index is 606. The monoisotopic (exact) mass is 332 g/mol. The Morgan fingerprint density at radius 3 is 1.79 bits per heavy atom. The summed E-state index contributed by atoms with van der Waals surface area (Å²) in [7, 11) is 0. The van der Waals surface area contributed by atoms with E-state index in [1.54, 1.807) is 19.9 Å². The Hall–Kier alpha value is -2.50. The molecular formula is C18H24N2O4. The molecule has 6 heteroatoms. The minimum Gasteiger partial charge on any atom is -0.449 e. The highest BCUT2D eigenvalue weighted by molar-refractivity contribution is 6.05. The molecule has 2 amide bonds. The van der Waals surface area contributed by atoms with Crippen LogP contribution in [0.15, 0.2) is 24.8 Å². The summed E-state index contributed by atoms with van der Waals surface area (Å²) in [5.74, 6) is 0. The minimum absolute atomic E-state index is 0.260. The molecular weight excluding hydrogens is 308 g/mol. The Morgan fingerprint density at radius 2 is 1.46 bits per heavy atom. The van der Waals surface area contributed by atoms with E-state index >= 15 is 0 Å². The van der Waals surface area contributed by atoms with Gasteiger partial charge < -0.3 is 9.47 Å². The van der Waals surface area contributed by atoms with Gasteiger partial charge in [-0.25, -0.2) is 9.59 Å². The summed E-state index contributed by atoms with van der Waals surface area (Å²) in [4.78, 5) is 28.0. The van der Waals surface area contributed by atoms with E-state index in [2.05, 4.69) is 6.58 Å². The molecule has 0 aliphatic carbocycles. The first-order valence-electron chi connectivity index (χ1n) is 8.10. The van der Waals surface area contributed by atoms with Gasteiger partial charge >= 0.3 is 12.2 Å². The lowest BCUT2D eigenvalue weighted by Crippen LogP contribution is -2.48. The fourth-order valence-corrected chi connectivity index (χ4v) is 2.79. The highest BCUT2D eigenvalue weighted by atomic mass is 16.6. The van der Waals surface area contributed by atoms with Crippen molar-refractivity contribution in [2.45, 2.75) is 40.3 Å². The molecule has 6 nitrogen and oxygen atoms in total. The van der Waals surface area contributed by atoms with Crippen molar-refractivity contribution in [2.75, 3.05) is 23.0 Å². The third-order valence-corrected chi connectivity index (χ3v) is 4.01. The van der Waals surface area contributed by atoms with E-state index in [4.69, 9.17) is 9.47 Å². The summed E-state index contributed by atoms with van der Waals surface area (Å²) in [5, 5.41) is 0. The molecule has 0 atom stereocenters. The number of benzene rings is 1. The van der Waals surface area contributed by atoms with E-state index < -0.39 is 18.4 Å². The third kappa shape index (κ3) is 3.09. The second-order valence-corrected chi connectivity index (χ2v) is 5.57. The van der Waals surface area contributed by atoms with Gasteiger partial charge in [-0.15, -0.1) is 6.58 Å². The molecule has 0 radical (unpaired) electrons. The van der Waals surface area contributed by atoms with Gasteiger partial charge in [0.15, 0.2) is 0 Å². The van der Waals surface area contributed by atoms with Crippen molar-refractivity contribution in [3.05, 3.63) is 35.9 Å². The third-order valence-electron chi connectivity index (χ3n) is 4.01. The number of carbonyl (C=O) groups excluding carboxylic acids is 2. The first-order chi connectivity index (χ1) is 11.5. The molecule has 2 rings (SSSR count). The van der Waals surface area contributed by atoms with Crippen molar-refractivity contribution in [3.63, 3.8) is 0 Å². The smallest absolute Gasteiger partial charge is 0.416 e. The van der Waals surface area contributed by atoms with E-state index in [0.29, 0.717) is 17.8 Å². The molecule has 0 N–H and O–H groups in total. The molecule has 1 aromatic carbocycles. The number of aryl methyl sites for hydroxylation is 2. The Morgan fingerprint density at radius 1 is 1.04 bits per heavy atom. The van der Waals surface area contributed by atoms with Crippen LogP contribution in [0, 0.1) is 13.8 Å². The predicted octanol–water partition coefficient (Wildman–Crippen LogP) is 4.15. The minimum atomic E-state index is -0.545. The maximum Gasteiger partial charge on any atom is 0.416 e. The standard InChI is InChI=1S/C18H24N2O4/c1-6-9-16-19(17(21)23-7-2)14-10-12(4)13(5)11-15(14)20(16)18(22)24-8-3/h6,10-11,16H,1,7-9H2,2-5H3. The first kappa shape index (κ1) is 17.8. The van der Waals surface area contributed by atoms with Crippen molar-refractivity contribution >= 4 is 23.6 Å². The largest absolute Gasteiger partial charge is 0.449 e. The molecule has 1 aromatic rings. The van der Waals surface area contributed by atoms with Crippen LogP contribution in [0.4, 0.5) is 21.0 Å². The predicted molar refractivity (Wildman–Crippen MR) is 93.5 cm³/mol. The van der Waals surface area contributed by atoms with Crippen LogP contribution < -0.4 is 9.80 Å². The molecule has 0 aromatic heterocycles. The van der Waals surface area contributed by atoms with Gasteiger partial charge in [0, 0.05) is 6.42 Å². The number of fused-ring (bicyclic) bond motifs is 1. The Kier molecular flexibility index (Phi) is 5.49. The van der Waals surface area contributed by atoms with Crippen molar-refractivity contribution in [1.82, 2.24) is 0 Å². The average Bonchev–Trinajstić information content (AvgIpc) is 2.82. The number of carbonyl (C=O) groups is 2. The number of nitrogens with zero attached hydrogens (tertiary/aromatic N) is 2. The lowest BCUT2D eigenvalue weighted by atomic mass is 10.1.